The summed E-state index contributed by atoms with van der Waals surface area (Å²) >= 11 is 1.40. The number of rotatable bonds is 4. The number of non-ortho nitro benzene ring substituents is 1. The first-order valence-electron chi connectivity index (χ1n) is 6.23. The number of aryl methyl sites for hydroxylation is 1. The molecule has 1 amide bonds. The number of nitro groups is 1. The maximum atomic E-state index is 12.1. The van der Waals surface area contributed by atoms with E-state index in [2.05, 4.69) is 5.32 Å². The Kier molecular flexibility index (Phi) is 4.66. The summed E-state index contributed by atoms with van der Waals surface area (Å²) in [5.41, 5.74) is 0.800. The maximum Gasteiger partial charge on any atom is 0.271 e. The lowest BCUT2D eigenvalue weighted by molar-refractivity contribution is -0.384. The highest BCUT2D eigenvalue weighted by atomic mass is 32.1. The van der Waals surface area contributed by atoms with Crippen molar-refractivity contribution in [1.29, 1.82) is 5.26 Å². The lowest BCUT2D eigenvalue weighted by atomic mass is 10.1. The summed E-state index contributed by atoms with van der Waals surface area (Å²) in [5, 5.41) is 24.3. The molecule has 1 N–H and O–H groups in total. The van der Waals surface area contributed by atoms with Crippen LogP contribution in [0.25, 0.3) is 6.08 Å². The molecule has 2 rings (SSSR count). The van der Waals surface area contributed by atoms with Gasteiger partial charge in [-0.05, 0) is 30.0 Å². The Balaban J connectivity index is 2.26. The summed E-state index contributed by atoms with van der Waals surface area (Å²) in [6.07, 6.45) is 1.48. The van der Waals surface area contributed by atoms with Crippen molar-refractivity contribution >= 4 is 34.7 Å². The van der Waals surface area contributed by atoms with Crippen molar-refractivity contribution < 1.29 is 9.72 Å². The van der Waals surface area contributed by atoms with Crippen molar-refractivity contribution in [1.82, 2.24) is 0 Å². The van der Waals surface area contributed by atoms with Crippen LogP contribution in [0.3, 0.4) is 0 Å². The number of benzene rings is 1. The van der Waals surface area contributed by atoms with E-state index in [0.717, 1.165) is 4.88 Å². The van der Waals surface area contributed by atoms with Crippen LogP contribution in [0.1, 0.15) is 10.4 Å². The highest BCUT2D eigenvalue weighted by Gasteiger charge is 2.14. The zero-order chi connectivity index (χ0) is 16.1. The zero-order valence-electron chi connectivity index (χ0n) is 11.6. The third-order valence-electron chi connectivity index (χ3n) is 2.88. The Morgan fingerprint density at radius 3 is 2.82 bits per heavy atom. The SMILES string of the molecule is Cc1ccc([N+](=O)[O-])cc1NC(=O)/C(C#N)=C/c1cccs1. The van der Waals surface area contributed by atoms with Crippen molar-refractivity contribution in [3.05, 3.63) is 61.8 Å². The smallest absolute Gasteiger partial charge is 0.271 e. The van der Waals surface area contributed by atoms with Crippen LogP contribution >= 0.6 is 11.3 Å². The summed E-state index contributed by atoms with van der Waals surface area (Å²) < 4.78 is 0. The molecule has 2 aromatic rings. The van der Waals surface area contributed by atoms with Crippen LogP contribution < -0.4 is 5.32 Å². The van der Waals surface area contributed by atoms with Gasteiger partial charge in [-0.3, -0.25) is 14.9 Å². The molecule has 0 saturated carbocycles. The van der Waals surface area contributed by atoms with Crippen molar-refractivity contribution in [2.45, 2.75) is 6.92 Å². The molecule has 1 aromatic carbocycles. The molecule has 0 unspecified atom stereocenters. The first-order chi connectivity index (χ1) is 10.5. The standard InChI is InChI=1S/C15H11N3O3S/c1-10-4-5-12(18(20)21)8-14(10)17-15(19)11(9-16)7-13-3-2-6-22-13/h2-8H,1H3,(H,17,19)/b11-7+. The predicted octanol–water partition coefficient (Wildman–Crippen LogP) is 3.51. The predicted molar refractivity (Wildman–Crippen MR) is 84.4 cm³/mol. The molecular formula is C15H11N3O3S. The number of anilines is 1. The third-order valence-corrected chi connectivity index (χ3v) is 3.69. The van der Waals surface area contributed by atoms with Crippen LogP contribution in [0.4, 0.5) is 11.4 Å². The second-order valence-electron chi connectivity index (χ2n) is 4.40. The summed E-state index contributed by atoms with van der Waals surface area (Å²) in [6.45, 7) is 1.72. The molecule has 0 spiro atoms. The number of amides is 1. The van der Waals surface area contributed by atoms with Gasteiger partial charge in [-0.1, -0.05) is 12.1 Å². The quantitative estimate of drug-likeness (QED) is 0.404. The molecule has 0 bridgehead atoms. The van der Waals surface area contributed by atoms with Crippen LogP contribution in [0.5, 0.6) is 0 Å². The van der Waals surface area contributed by atoms with Crippen molar-refractivity contribution in [2.24, 2.45) is 0 Å². The molecule has 7 heteroatoms. The molecule has 1 aromatic heterocycles. The number of nitrogens with one attached hydrogen (secondary N) is 1. The fraction of sp³-hybridized carbons (Fsp3) is 0.0667. The Hall–Kier alpha value is -2.98. The number of hydrogen-bond donors (Lipinski definition) is 1. The van der Waals surface area contributed by atoms with E-state index in [1.807, 2.05) is 17.5 Å². The first-order valence-corrected chi connectivity index (χ1v) is 7.11. The van der Waals surface area contributed by atoms with Gasteiger partial charge in [0, 0.05) is 17.0 Å². The van der Waals surface area contributed by atoms with Crippen molar-refractivity contribution in [2.75, 3.05) is 5.32 Å². The van der Waals surface area contributed by atoms with E-state index in [-0.39, 0.29) is 11.3 Å². The van der Waals surface area contributed by atoms with Gasteiger partial charge < -0.3 is 5.32 Å². The van der Waals surface area contributed by atoms with Gasteiger partial charge >= 0.3 is 0 Å². The fourth-order valence-electron chi connectivity index (χ4n) is 1.71. The molecule has 0 radical (unpaired) electrons. The largest absolute Gasteiger partial charge is 0.321 e. The van der Waals surface area contributed by atoms with Crippen LogP contribution in [-0.4, -0.2) is 10.8 Å². The number of nitro benzene ring substituents is 1. The normalized spacial score (nSPS) is 10.8. The monoisotopic (exact) mass is 313 g/mol. The molecule has 1 heterocycles. The molecule has 0 aliphatic heterocycles. The third kappa shape index (κ3) is 3.56. The lowest BCUT2D eigenvalue weighted by Crippen LogP contribution is -2.14. The van der Waals surface area contributed by atoms with Gasteiger partial charge in [-0.15, -0.1) is 11.3 Å². The van der Waals surface area contributed by atoms with E-state index in [1.165, 1.54) is 29.5 Å². The topological polar surface area (TPSA) is 96.0 Å². The maximum absolute atomic E-state index is 12.1. The van der Waals surface area contributed by atoms with Gasteiger partial charge in [-0.25, -0.2) is 0 Å². The van der Waals surface area contributed by atoms with Gasteiger partial charge in [0.25, 0.3) is 11.6 Å². The van der Waals surface area contributed by atoms with E-state index >= 15 is 0 Å². The molecular weight excluding hydrogens is 302 g/mol. The zero-order valence-corrected chi connectivity index (χ0v) is 12.4. The number of hydrogen-bond acceptors (Lipinski definition) is 5. The summed E-state index contributed by atoms with van der Waals surface area (Å²) in [6, 6.07) is 9.61. The average molecular weight is 313 g/mol. The van der Waals surface area contributed by atoms with Crippen molar-refractivity contribution in [3.63, 3.8) is 0 Å². The molecule has 0 fully saturated rings. The second kappa shape index (κ2) is 6.65. The van der Waals surface area contributed by atoms with E-state index in [9.17, 15) is 14.9 Å². The Bertz CT molecular complexity index is 789. The molecule has 0 aliphatic carbocycles. The first kappa shape index (κ1) is 15.4. The summed E-state index contributed by atoms with van der Waals surface area (Å²) in [4.78, 5) is 23.2. The Labute approximate surface area is 130 Å². The van der Waals surface area contributed by atoms with E-state index in [1.54, 1.807) is 19.1 Å². The highest BCUT2D eigenvalue weighted by Crippen LogP contribution is 2.22. The van der Waals surface area contributed by atoms with E-state index in [4.69, 9.17) is 5.26 Å². The summed E-state index contributed by atoms with van der Waals surface area (Å²) in [7, 11) is 0. The van der Waals surface area contributed by atoms with Gasteiger partial charge in [0.1, 0.15) is 11.6 Å². The number of nitrogens with zero attached hydrogens (tertiary/aromatic N) is 2. The van der Waals surface area contributed by atoms with Gasteiger partial charge in [0.05, 0.1) is 10.6 Å². The van der Waals surface area contributed by atoms with Gasteiger partial charge in [-0.2, -0.15) is 5.26 Å². The van der Waals surface area contributed by atoms with Gasteiger partial charge in [0.2, 0.25) is 0 Å². The number of carbonyl (C=O) groups excluding carboxylic acids is 1. The fourth-order valence-corrected chi connectivity index (χ4v) is 2.37. The molecule has 110 valence electrons. The summed E-state index contributed by atoms with van der Waals surface area (Å²) in [5.74, 6) is -0.598. The molecule has 6 nitrogen and oxygen atoms in total. The number of thiophene rings is 1. The van der Waals surface area contributed by atoms with Crippen LogP contribution in [0.2, 0.25) is 0 Å². The van der Waals surface area contributed by atoms with E-state index in [0.29, 0.717) is 11.3 Å². The molecule has 0 aliphatic rings. The van der Waals surface area contributed by atoms with Gasteiger partial charge in [0.15, 0.2) is 0 Å². The number of carbonyl (C=O) groups is 1. The minimum atomic E-state index is -0.598. The van der Waals surface area contributed by atoms with Crippen LogP contribution in [-0.2, 0) is 4.79 Å². The van der Waals surface area contributed by atoms with E-state index < -0.39 is 10.8 Å². The minimum Gasteiger partial charge on any atom is -0.321 e. The highest BCUT2D eigenvalue weighted by molar-refractivity contribution is 7.10. The Morgan fingerprint density at radius 1 is 1.45 bits per heavy atom. The molecule has 0 atom stereocenters. The molecule has 22 heavy (non-hydrogen) atoms. The van der Waals surface area contributed by atoms with Crippen LogP contribution in [0.15, 0.2) is 41.3 Å². The lowest BCUT2D eigenvalue weighted by Gasteiger charge is -2.07. The molecule has 0 saturated heterocycles. The van der Waals surface area contributed by atoms with Crippen molar-refractivity contribution in [3.8, 4) is 6.07 Å². The average Bonchev–Trinajstić information content (AvgIpc) is 2.99. The second-order valence-corrected chi connectivity index (χ2v) is 5.37. The minimum absolute atomic E-state index is 0.0617. The number of nitriles is 1. The Morgan fingerprint density at radius 2 is 2.23 bits per heavy atom. The van der Waals surface area contributed by atoms with Crippen LogP contribution in [0, 0.1) is 28.4 Å².